The molecule has 1 N–H and O–H groups in total. The van der Waals surface area contributed by atoms with E-state index in [2.05, 4.69) is 39.8 Å². The maximum atomic E-state index is 12.9. The van der Waals surface area contributed by atoms with Gasteiger partial charge in [-0.3, -0.25) is 9.36 Å². The lowest BCUT2D eigenvalue weighted by Crippen LogP contribution is -2.15. The SMILES string of the molecule is Cc1ccc(SCc2nnc(SCC(=O)Nc3cccc(C(F)(F)F)c3)n2-c2ccccc2)cc1. The van der Waals surface area contributed by atoms with Crippen LogP contribution < -0.4 is 5.32 Å². The van der Waals surface area contributed by atoms with Gasteiger partial charge in [0, 0.05) is 16.3 Å². The number of para-hydroxylation sites is 1. The van der Waals surface area contributed by atoms with Gasteiger partial charge in [-0.25, -0.2) is 0 Å². The third kappa shape index (κ3) is 6.67. The van der Waals surface area contributed by atoms with Crippen molar-refractivity contribution in [2.75, 3.05) is 11.1 Å². The number of nitrogens with zero attached hydrogens (tertiary/aromatic N) is 3. The molecule has 1 heterocycles. The van der Waals surface area contributed by atoms with E-state index in [1.165, 1.54) is 29.5 Å². The van der Waals surface area contributed by atoms with Gasteiger partial charge in [0.15, 0.2) is 5.16 Å². The van der Waals surface area contributed by atoms with Crippen molar-refractivity contribution >= 4 is 35.1 Å². The first-order valence-electron chi connectivity index (χ1n) is 10.6. The number of amides is 1. The van der Waals surface area contributed by atoms with Gasteiger partial charge in [0.25, 0.3) is 0 Å². The second kappa shape index (κ2) is 11.0. The highest BCUT2D eigenvalue weighted by Crippen LogP contribution is 2.31. The number of hydrogen-bond acceptors (Lipinski definition) is 5. The first-order chi connectivity index (χ1) is 16.8. The third-order valence-electron chi connectivity index (χ3n) is 4.91. The molecule has 0 spiro atoms. The summed E-state index contributed by atoms with van der Waals surface area (Å²) in [6.45, 7) is 2.03. The van der Waals surface area contributed by atoms with E-state index in [1.807, 2.05) is 41.8 Å². The lowest BCUT2D eigenvalue weighted by atomic mass is 10.2. The molecule has 1 amide bonds. The maximum Gasteiger partial charge on any atom is 0.416 e. The average Bonchev–Trinajstić information content (AvgIpc) is 3.25. The van der Waals surface area contributed by atoms with Gasteiger partial charge in [0.2, 0.25) is 5.91 Å². The second-order valence-electron chi connectivity index (χ2n) is 7.59. The summed E-state index contributed by atoms with van der Waals surface area (Å²) in [6, 6.07) is 22.3. The van der Waals surface area contributed by atoms with Gasteiger partial charge in [-0.15, -0.1) is 22.0 Å². The molecule has 0 aliphatic carbocycles. The largest absolute Gasteiger partial charge is 0.416 e. The zero-order chi connectivity index (χ0) is 24.8. The van der Waals surface area contributed by atoms with Crippen LogP contribution in [0.2, 0.25) is 0 Å². The van der Waals surface area contributed by atoms with Crippen LogP contribution in [0.4, 0.5) is 18.9 Å². The number of halogens is 3. The summed E-state index contributed by atoms with van der Waals surface area (Å²) in [7, 11) is 0. The number of hydrogen-bond donors (Lipinski definition) is 1. The first kappa shape index (κ1) is 24.9. The highest BCUT2D eigenvalue weighted by Gasteiger charge is 2.30. The van der Waals surface area contributed by atoms with Crippen molar-refractivity contribution in [2.24, 2.45) is 0 Å². The van der Waals surface area contributed by atoms with E-state index in [0.29, 0.717) is 10.9 Å². The Morgan fingerprint density at radius 1 is 0.943 bits per heavy atom. The van der Waals surface area contributed by atoms with Crippen LogP contribution in [0.1, 0.15) is 17.0 Å². The van der Waals surface area contributed by atoms with Crippen molar-refractivity contribution in [3.05, 3.63) is 95.8 Å². The van der Waals surface area contributed by atoms with Crippen LogP contribution >= 0.6 is 23.5 Å². The van der Waals surface area contributed by atoms with Gasteiger partial charge in [-0.2, -0.15) is 13.2 Å². The number of nitrogens with one attached hydrogen (secondary N) is 1. The number of rotatable bonds is 8. The summed E-state index contributed by atoms with van der Waals surface area (Å²) in [6.07, 6.45) is -4.48. The van der Waals surface area contributed by atoms with Crippen molar-refractivity contribution in [3.8, 4) is 5.69 Å². The van der Waals surface area contributed by atoms with E-state index in [4.69, 9.17) is 0 Å². The molecule has 0 unspecified atom stereocenters. The van der Waals surface area contributed by atoms with Gasteiger partial charge in [-0.05, 0) is 49.4 Å². The summed E-state index contributed by atoms with van der Waals surface area (Å²) in [5.74, 6) is 0.823. The molecule has 0 saturated carbocycles. The Bertz CT molecular complexity index is 1290. The Morgan fingerprint density at radius 2 is 1.69 bits per heavy atom. The number of benzene rings is 3. The molecule has 0 radical (unpaired) electrons. The molecule has 0 bridgehead atoms. The van der Waals surface area contributed by atoms with Gasteiger partial charge in [0.1, 0.15) is 5.82 Å². The van der Waals surface area contributed by atoms with E-state index in [9.17, 15) is 18.0 Å². The van der Waals surface area contributed by atoms with Crippen LogP contribution in [-0.4, -0.2) is 26.4 Å². The smallest absolute Gasteiger partial charge is 0.325 e. The molecular weight excluding hydrogens is 493 g/mol. The van der Waals surface area contributed by atoms with Crippen LogP contribution in [0.25, 0.3) is 5.69 Å². The van der Waals surface area contributed by atoms with Crippen LogP contribution in [-0.2, 0) is 16.7 Å². The molecule has 4 aromatic rings. The van der Waals surface area contributed by atoms with E-state index >= 15 is 0 Å². The Hall–Kier alpha value is -3.24. The number of carbonyl (C=O) groups excluding carboxylic acids is 1. The molecule has 5 nitrogen and oxygen atoms in total. The molecule has 180 valence electrons. The van der Waals surface area contributed by atoms with Crippen molar-refractivity contribution in [1.29, 1.82) is 0 Å². The predicted molar refractivity (Wildman–Crippen MR) is 133 cm³/mol. The van der Waals surface area contributed by atoms with Gasteiger partial charge in [-0.1, -0.05) is 53.7 Å². The molecule has 0 saturated heterocycles. The Kier molecular flexibility index (Phi) is 7.82. The van der Waals surface area contributed by atoms with Gasteiger partial charge < -0.3 is 5.32 Å². The minimum absolute atomic E-state index is 0.0354. The lowest BCUT2D eigenvalue weighted by molar-refractivity contribution is -0.137. The Balaban J connectivity index is 1.47. The fraction of sp³-hybridized carbons (Fsp3) is 0.160. The number of alkyl halides is 3. The molecule has 1 aromatic heterocycles. The molecular formula is C25H21F3N4OS2. The number of aryl methyl sites for hydroxylation is 1. The molecule has 0 aliphatic rings. The zero-order valence-corrected chi connectivity index (χ0v) is 20.3. The fourth-order valence-electron chi connectivity index (χ4n) is 3.21. The number of anilines is 1. The topological polar surface area (TPSA) is 59.8 Å². The fourth-order valence-corrected chi connectivity index (χ4v) is 4.79. The van der Waals surface area contributed by atoms with Crippen molar-refractivity contribution in [2.45, 2.75) is 28.9 Å². The lowest BCUT2D eigenvalue weighted by Gasteiger charge is -2.11. The minimum atomic E-state index is -4.48. The first-order valence-corrected chi connectivity index (χ1v) is 12.6. The van der Waals surface area contributed by atoms with Gasteiger partial charge in [0.05, 0.1) is 17.1 Å². The monoisotopic (exact) mass is 514 g/mol. The van der Waals surface area contributed by atoms with E-state index in [1.54, 1.807) is 11.8 Å². The highest BCUT2D eigenvalue weighted by molar-refractivity contribution is 7.99. The highest BCUT2D eigenvalue weighted by atomic mass is 32.2. The van der Waals surface area contributed by atoms with Crippen LogP contribution in [0.5, 0.6) is 0 Å². The number of aromatic nitrogens is 3. The molecule has 0 fully saturated rings. The normalized spacial score (nSPS) is 11.4. The number of thioether (sulfide) groups is 2. The van der Waals surface area contributed by atoms with Crippen molar-refractivity contribution in [1.82, 2.24) is 14.8 Å². The second-order valence-corrected chi connectivity index (χ2v) is 9.58. The summed E-state index contributed by atoms with van der Waals surface area (Å²) < 4.78 is 40.7. The summed E-state index contributed by atoms with van der Waals surface area (Å²) in [5, 5.41) is 11.7. The molecule has 0 atom stereocenters. The van der Waals surface area contributed by atoms with Crippen LogP contribution in [0.3, 0.4) is 0 Å². The van der Waals surface area contributed by atoms with E-state index in [-0.39, 0.29) is 11.4 Å². The molecule has 0 aliphatic heterocycles. The van der Waals surface area contributed by atoms with E-state index < -0.39 is 17.6 Å². The maximum absolute atomic E-state index is 12.9. The molecule has 3 aromatic carbocycles. The van der Waals surface area contributed by atoms with Crippen LogP contribution in [0, 0.1) is 6.92 Å². The molecule has 10 heteroatoms. The summed E-state index contributed by atoms with van der Waals surface area (Å²) in [4.78, 5) is 13.6. The van der Waals surface area contributed by atoms with Crippen LogP contribution in [0.15, 0.2) is 88.9 Å². The number of carbonyl (C=O) groups is 1. The Labute approximate surface area is 209 Å². The van der Waals surface area contributed by atoms with Gasteiger partial charge >= 0.3 is 6.18 Å². The quantitative estimate of drug-likeness (QED) is 0.268. The predicted octanol–water partition coefficient (Wildman–Crippen LogP) is 6.62. The minimum Gasteiger partial charge on any atom is -0.325 e. The molecule has 4 rings (SSSR count). The standard InChI is InChI=1S/C25H21F3N4OS2/c1-17-10-12-21(13-11-17)34-15-22-30-31-24(32(22)20-8-3-2-4-9-20)35-16-23(33)29-19-7-5-6-18(14-19)25(26,27)28/h2-14H,15-16H2,1H3,(H,29,33). The Morgan fingerprint density at radius 3 is 2.40 bits per heavy atom. The zero-order valence-electron chi connectivity index (χ0n) is 18.6. The average molecular weight is 515 g/mol. The summed E-state index contributed by atoms with van der Waals surface area (Å²) in [5.41, 5.74) is 1.31. The van der Waals surface area contributed by atoms with Crippen molar-refractivity contribution in [3.63, 3.8) is 0 Å². The third-order valence-corrected chi connectivity index (χ3v) is 6.85. The van der Waals surface area contributed by atoms with Crippen molar-refractivity contribution < 1.29 is 18.0 Å². The summed E-state index contributed by atoms with van der Waals surface area (Å²) >= 11 is 2.80. The molecule has 35 heavy (non-hydrogen) atoms. The van der Waals surface area contributed by atoms with E-state index in [0.717, 1.165) is 28.5 Å².